The summed E-state index contributed by atoms with van der Waals surface area (Å²) in [6.07, 6.45) is 2.81. The average molecular weight is 300 g/mol. The Bertz CT molecular complexity index is 557. The zero-order valence-electron chi connectivity index (χ0n) is 10.7. The fraction of sp³-hybridized carbons (Fsp3) is 0.385. The summed E-state index contributed by atoms with van der Waals surface area (Å²) in [5.74, 6) is -1.37. The second-order valence-corrected chi connectivity index (χ2v) is 5.29. The Morgan fingerprint density at radius 1 is 1.45 bits per heavy atom. The Morgan fingerprint density at radius 2 is 2.10 bits per heavy atom. The maximum Gasteiger partial charge on any atom is 0.255 e. The summed E-state index contributed by atoms with van der Waals surface area (Å²) in [7, 11) is 0. The standard InChI is InChI=1S/C13H15ClFN3O2/c14-8-3-4-9(10(15)7-8)11(19)17-13(12(16)18-20)5-1-2-6-13/h3-4,7,20H,1-2,5-6H2,(H2,16,18)(H,17,19). The fourth-order valence-electron chi connectivity index (χ4n) is 2.48. The second-order valence-electron chi connectivity index (χ2n) is 4.85. The molecule has 7 heteroatoms. The van der Waals surface area contributed by atoms with Crippen molar-refractivity contribution in [2.24, 2.45) is 10.9 Å². The summed E-state index contributed by atoms with van der Waals surface area (Å²) >= 11 is 5.65. The zero-order valence-corrected chi connectivity index (χ0v) is 11.5. The fourth-order valence-corrected chi connectivity index (χ4v) is 2.64. The molecule has 20 heavy (non-hydrogen) atoms. The molecule has 0 saturated heterocycles. The highest BCUT2D eigenvalue weighted by atomic mass is 35.5. The molecule has 1 fully saturated rings. The number of carbonyl (C=O) groups is 1. The lowest BCUT2D eigenvalue weighted by molar-refractivity contribution is 0.0918. The highest BCUT2D eigenvalue weighted by Gasteiger charge is 2.40. The highest BCUT2D eigenvalue weighted by Crippen LogP contribution is 2.30. The second kappa shape index (κ2) is 5.66. The molecule has 0 aliphatic heterocycles. The van der Waals surface area contributed by atoms with E-state index in [2.05, 4.69) is 10.5 Å². The molecule has 1 aliphatic carbocycles. The number of hydrogen-bond donors (Lipinski definition) is 3. The zero-order chi connectivity index (χ0) is 14.8. The van der Waals surface area contributed by atoms with Gasteiger partial charge in [0, 0.05) is 5.02 Å². The van der Waals surface area contributed by atoms with Crippen LogP contribution in [0.15, 0.2) is 23.4 Å². The molecule has 5 nitrogen and oxygen atoms in total. The van der Waals surface area contributed by atoms with Gasteiger partial charge in [0.25, 0.3) is 5.91 Å². The van der Waals surface area contributed by atoms with Crippen LogP contribution in [-0.2, 0) is 0 Å². The van der Waals surface area contributed by atoms with Gasteiger partial charge in [0.05, 0.1) is 5.56 Å². The number of amides is 1. The van der Waals surface area contributed by atoms with Crippen LogP contribution in [0.3, 0.4) is 0 Å². The van der Waals surface area contributed by atoms with Gasteiger partial charge in [0.1, 0.15) is 11.4 Å². The lowest BCUT2D eigenvalue weighted by atomic mass is 9.95. The number of benzene rings is 1. The molecule has 0 spiro atoms. The third-order valence-corrected chi connectivity index (χ3v) is 3.82. The van der Waals surface area contributed by atoms with Gasteiger partial charge < -0.3 is 16.3 Å². The molecule has 1 aromatic carbocycles. The first-order valence-electron chi connectivity index (χ1n) is 6.24. The number of halogens is 2. The predicted octanol–water partition coefficient (Wildman–Crippen LogP) is 2.27. The number of oxime groups is 1. The average Bonchev–Trinajstić information content (AvgIpc) is 2.87. The van der Waals surface area contributed by atoms with E-state index in [0.717, 1.165) is 18.9 Å². The minimum Gasteiger partial charge on any atom is -0.409 e. The van der Waals surface area contributed by atoms with Crippen LogP contribution in [0.4, 0.5) is 4.39 Å². The van der Waals surface area contributed by atoms with Crippen molar-refractivity contribution < 1.29 is 14.4 Å². The minimum atomic E-state index is -0.905. The van der Waals surface area contributed by atoms with Gasteiger partial charge in [-0.3, -0.25) is 4.79 Å². The lowest BCUT2D eigenvalue weighted by Gasteiger charge is -2.28. The van der Waals surface area contributed by atoms with Crippen molar-refractivity contribution in [2.45, 2.75) is 31.2 Å². The minimum absolute atomic E-state index is 0.0577. The summed E-state index contributed by atoms with van der Waals surface area (Å²) in [6.45, 7) is 0. The Balaban J connectivity index is 2.25. The first-order valence-corrected chi connectivity index (χ1v) is 6.62. The van der Waals surface area contributed by atoms with Crippen LogP contribution in [0.25, 0.3) is 0 Å². The molecule has 1 aliphatic rings. The first-order chi connectivity index (χ1) is 9.48. The van der Waals surface area contributed by atoms with E-state index < -0.39 is 17.3 Å². The number of rotatable bonds is 3. The van der Waals surface area contributed by atoms with Crippen LogP contribution in [0.5, 0.6) is 0 Å². The quantitative estimate of drug-likeness (QED) is 0.346. The van der Waals surface area contributed by atoms with Gasteiger partial charge in [-0.1, -0.05) is 29.6 Å². The number of amidine groups is 1. The monoisotopic (exact) mass is 299 g/mol. The summed E-state index contributed by atoms with van der Waals surface area (Å²) < 4.78 is 13.7. The van der Waals surface area contributed by atoms with Crippen LogP contribution in [0.1, 0.15) is 36.0 Å². The number of hydrogen-bond acceptors (Lipinski definition) is 3. The van der Waals surface area contributed by atoms with Gasteiger partial charge >= 0.3 is 0 Å². The number of nitrogens with zero attached hydrogens (tertiary/aromatic N) is 1. The molecule has 0 unspecified atom stereocenters. The van der Waals surface area contributed by atoms with E-state index in [0.29, 0.717) is 12.8 Å². The van der Waals surface area contributed by atoms with Gasteiger partial charge in [0.15, 0.2) is 5.84 Å². The Morgan fingerprint density at radius 3 is 2.65 bits per heavy atom. The molecule has 108 valence electrons. The molecule has 0 atom stereocenters. The maximum absolute atomic E-state index is 13.7. The number of carbonyl (C=O) groups excluding carboxylic acids is 1. The van der Waals surface area contributed by atoms with Crippen molar-refractivity contribution in [1.82, 2.24) is 5.32 Å². The van der Waals surface area contributed by atoms with Crippen molar-refractivity contribution in [2.75, 3.05) is 0 Å². The van der Waals surface area contributed by atoms with Gasteiger partial charge in [-0.2, -0.15) is 0 Å². The SMILES string of the molecule is N/C(=N/O)C1(NC(=O)c2ccc(Cl)cc2F)CCCC1. The maximum atomic E-state index is 13.7. The topological polar surface area (TPSA) is 87.7 Å². The van der Waals surface area contributed by atoms with Gasteiger partial charge in [0.2, 0.25) is 0 Å². The highest BCUT2D eigenvalue weighted by molar-refractivity contribution is 6.30. The molecule has 1 amide bonds. The first kappa shape index (κ1) is 14.6. The summed E-state index contributed by atoms with van der Waals surface area (Å²) in [4.78, 5) is 12.2. The van der Waals surface area contributed by atoms with Crippen molar-refractivity contribution >= 4 is 23.3 Å². The van der Waals surface area contributed by atoms with Crippen LogP contribution in [0.2, 0.25) is 5.02 Å². The lowest BCUT2D eigenvalue weighted by Crippen LogP contribution is -2.55. The van der Waals surface area contributed by atoms with Crippen molar-refractivity contribution in [3.05, 3.63) is 34.6 Å². The van der Waals surface area contributed by atoms with Crippen LogP contribution in [0, 0.1) is 5.82 Å². The molecule has 0 heterocycles. The van der Waals surface area contributed by atoms with E-state index in [1.54, 1.807) is 0 Å². The normalized spacial score (nSPS) is 18.0. The summed E-state index contributed by atoms with van der Waals surface area (Å²) in [5.41, 5.74) is 4.65. The van der Waals surface area contributed by atoms with Crippen molar-refractivity contribution in [1.29, 1.82) is 0 Å². The Hall–Kier alpha value is -1.82. The largest absolute Gasteiger partial charge is 0.409 e. The molecule has 2 rings (SSSR count). The van der Waals surface area contributed by atoms with Gasteiger partial charge in [-0.05, 0) is 31.0 Å². The molecule has 1 aromatic rings. The van der Waals surface area contributed by atoms with Gasteiger partial charge in [-0.25, -0.2) is 4.39 Å². The predicted molar refractivity (Wildman–Crippen MR) is 73.5 cm³/mol. The third kappa shape index (κ3) is 2.70. The Kier molecular flexibility index (Phi) is 4.13. The van der Waals surface area contributed by atoms with Crippen LogP contribution >= 0.6 is 11.6 Å². The third-order valence-electron chi connectivity index (χ3n) is 3.58. The van der Waals surface area contributed by atoms with E-state index in [-0.39, 0.29) is 16.4 Å². The van der Waals surface area contributed by atoms with E-state index in [1.165, 1.54) is 12.1 Å². The van der Waals surface area contributed by atoms with E-state index >= 15 is 0 Å². The van der Waals surface area contributed by atoms with Crippen LogP contribution < -0.4 is 11.1 Å². The van der Waals surface area contributed by atoms with E-state index in [4.69, 9.17) is 22.5 Å². The summed E-state index contributed by atoms with van der Waals surface area (Å²) in [5, 5.41) is 14.7. The smallest absolute Gasteiger partial charge is 0.255 e. The van der Waals surface area contributed by atoms with Crippen LogP contribution in [-0.4, -0.2) is 22.5 Å². The van der Waals surface area contributed by atoms with Crippen molar-refractivity contribution in [3.8, 4) is 0 Å². The molecular formula is C13H15ClFN3O2. The van der Waals surface area contributed by atoms with Crippen molar-refractivity contribution in [3.63, 3.8) is 0 Å². The van der Waals surface area contributed by atoms with E-state index in [1.807, 2.05) is 0 Å². The Labute approximate surface area is 120 Å². The molecule has 0 bridgehead atoms. The summed E-state index contributed by atoms with van der Waals surface area (Å²) in [6, 6.07) is 3.81. The van der Waals surface area contributed by atoms with E-state index in [9.17, 15) is 9.18 Å². The number of nitrogens with two attached hydrogens (primary N) is 1. The molecule has 1 saturated carbocycles. The molecule has 4 N–H and O–H groups in total. The molecular weight excluding hydrogens is 285 g/mol. The molecule has 0 radical (unpaired) electrons. The van der Waals surface area contributed by atoms with Gasteiger partial charge in [-0.15, -0.1) is 0 Å². The number of nitrogens with one attached hydrogen (secondary N) is 1. The molecule has 0 aromatic heterocycles.